The van der Waals surface area contributed by atoms with E-state index >= 15 is 0 Å². The number of rotatable bonds is 30. The Balaban J connectivity index is 0.643. The summed E-state index contributed by atoms with van der Waals surface area (Å²) < 4.78 is 36.9. The van der Waals surface area contributed by atoms with Gasteiger partial charge in [0.05, 0.1) is 112 Å². The number of β-amino-alcohol motifs (C(OH)–C–C–N with tert-alkyl or cyclic N) is 1. The molecule has 464 valence electrons. The number of aryl methyl sites for hydroxylation is 2. The number of hydrogen-bond donors (Lipinski definition) is 5. The predicted octanol–water partition coefficient (Wildman–Crippen LogP) is 4.71. The molecule has 4 atom stereocenters. The van der Waals surface area contributed by atoms with Crippen molar-refractivity contribution in [1.29, 1.82) is 0 Å². The monoisotopic (exact) mass is 1230 g/mol. The Morgan fingerprint density at radius 1 is 0.860 bits per heavy atom. The topological polar surface area (TPSA) is 290 Å². The first-order valence-corrected chi connectivity index (χ1v) is 30.0. The highest BCUT2D eigenvalue weighted by atomic mass is 35.5. The minimum atomic E-state index is -0.982. The first-order valence-electron chi connectivity index (χ1n) is 28.8. The Morgan fingerprint density at radius 3 is 2.19 bits per heavy atom. The number of aliphatic hydroxyl groups is 1. The highest BCUT2D eigenvalue weighted by Crippen LogP contribution is 2.33. The zero-order valence-corrected chi connectivity index (χ0v) is 51.3. The van der Waals surface area contributed by atoms with Crippen LogP contribution in [0.25, 0.3) is 21.3 Å². The van der Waals surface area contributed by atoms with Gasteiger partial charge in [0, 0.05) is 63.3 Å². The smallest absolute Gasteiger partial charge is 0.293 e. The highest BCUT2D eigenvalue weighted by molar-refractivity contribution is 7.13. The third-order valence-corrected chi connectivity index (χ3v) is 16.1. The number of aromatic nitrogens is 7. The maximum atomic E-state index is 14.0. The number of halogens is 1. The predicted molar refractivity (Wildman–Crippen MR) is 324 cm³/mol. The maximum Gasteiger partial charge on any atom is 0.293 e. The largest absolute Gasteiger partial charge is 0.478 e. The minimum Gasteiger partial charge on any atom is -0.478 e. The van der Waals surface area contributed by atoms with Gasteiger partial charge in [0.2, 0.25) is 23.7 Å². The number of thiazole rings is 1. The lowest BCUT2D eigenvalue weighted by molar-refractivity contribution is -0.144. The quantitative estimate of drug-likeness (QED) is 0.0382. The van der Waals surface area contributed by atoms with Crippen molar-refractivity contribution >= 4 is 74.9 Å². The van der Waals surface area contributed by atoms with Crippen molar-refractivity contribution in [3.05, 3.63) is 98.8 Å². The van der Waals surface area contributed by atoms with Crippen LogP contribution < -0.4 is 36.5 Å². The van der Waals surface area contributed by atoms with Gasteiger partial charge in [0.25, 0.3) is 11.5 Å². The summed E-state index contributed by atoms with van der Waals surface area (Å²) >= 11 is 8.13. The number of carbonyl (C=O) groups excluding carboxylic acids is 4. The van der Waals surface area contributed by atoms with Crippen LogP contribution in [-0.2, 0) is 56.5 Å². The number of hydrogen-bond acceptors (Lipinski definition) is 20. The maximum absolute atomic E-state index is 14.0. The molecule has 0 saturated carbocycles. The van der Waals surface area contributed by atoms with Crippen LogP contribution in [0.2, 0.25) is 5.02 Å². The number of nitrogens with one attached hydrogen (secondary N) is 4. The number of likely N-dealkylation sites (N-methyl/N-ethyl adjacent to an activating group) is 1. The SMILES string of the molecule is CNC(=O)COc1cc2cc(Nc3nc(N4CCC(c5cn(CCOCCOCCOCCOCCOCC(=O)N[C@H](C(=O)N6C[C@H](O)C[C@H]6C(=O)N[C@@H](C)c6ccc(-c7scnc7C)cc6)C(C)(C)C)nn5)CC4)ncc3Cl)ccc2n(C)c1=O. The van der Waals surface area contributed by atoms with Gasteiger partial charge in [0.1, 0.15) is 23.7 Å². The average molecular weight is 1230 g/mol. The van der Waals surface area contributed by atoms with Gasteiger partial charge < -0.3 is 69.2 Å². The van der Waals surface area contributed by atoms with E-state index in [-0.39, 0.29) is 74.5 Å². The van der Waals surface area contributed by atoms with E-state index in [9.17, 15) is 29.1 Å². The summed E-state index contributed by atoms with van der Waals surface area (Å²) in [4.78, 5) is 83.5. The molecule has 0 aliphatic carbocycles. The van der Waals surface area contributed by atoms with Crippen LogP contribution in [0.1, 0.15) is 75.9 Å². The third kappa shape index (κ3) is 17.7. The van der Waals surface area contributed by atoms with E-state index in [1.807, 2.05) is 88.8 Å². The fourth-order valence-electron chi connectivity index (χ4n) is 9.99. The van der Waals surface area contributed by atoms with Crippen molar-refractivity contribution in [2.45, 2.75) is 90.6 Å². The van der Waals surface area contributed by atoms with Crippen LogP contribution in [0.3, 0.4) is 0 Å². The number of amides is 4. The van der Waals surface area contributed by atoms with Crippen molar-refractivity contribution in [3.63, 3.8) is 0 Å². The van der Waals surface area contributed by atoms with Crippen molar-refractivity contribution in [2.75, 3.05) is 110 Å². The summed E-state index contributed by atoms with van der Waals surface area (Å²) in [5.74, 6) is -0.407. The molecular weight excluding hydrogens is 1150 g/mol. The Morgan fingerprint density at radius 2 is 1.53 bits per heavy atom. The van der Waals surface area contributed by atoms with Gasteiger partial charge in [-0.05, 0) is 67.5 Å². The van der Waals surface area contributed by atoms with Crippen LogP contribution in [0.4, 0.5) is 17.5 Å². The zero-order chi connectivity index (χ0) is 61.3. The number of carbonyl (C=O) groups is 4. The number of benzene rings is 2. The standard InChI is InChI=1S/C59H78ClN13O12S/c1-37(39-8-10-41(11-9-39)52-38(2)63-36-86-52)64-55(77)48-30-44(74)32-73(48)57(79)53(59(3,4)5)66-51(76)34-84-27-26-83-25-24-82-23-22-81-21-20-80-19-18-72-33-46(68-69-72)40-14-16-71(17-15-40)58-62-31-45(60)54(67-58)65-43-12-13-47-42(28-43)29-49(56(78)70(47)7)85-35-50(75)61-6/h8-13,28-29,31,33,36-37,40,44,48,53,74H,14-27,30,32,34-35H2,1-7H3,(H,61,75)(H,64,77)(H,66,76)(H,62,65,67)/t37-,44+,48-,53+/m0/s1. The molecule has 0 bridgehead atoms. The fraction of sp³-hybridized carbons (Fsp3) is 0.525. The van der Waals surface area contributed by atoms with Crippen molar-refractivity contribution in [3.8, 4) is 16.2 Å². The summed E-state index contributed by atoms with van der Waals surface area (Å²) in [6.07, 6.45) is 4.41. The first-order chi connectivity index (χ1) is 41.4. The van der Waals surface area contributed by atoms with Crippen LogP contribution in [0.5, 0.6) is 5.75 Å². The van der Waals surface area contributed by atoms with Gasteiger partial charge in [-0.1, -0.05) is 61.9 Å². The van der Waals surface area contributed by atoms with Crippen LogP contribution in [0.15, 0.2) is 71.2 Å². The van der Waals surface area contributed by atoms with E-state index in [0.29, 0.717) is 93.9 Å². The second-order valence-corrected chi connectivity index (χ2v) is 23.4. The fourth-order valence-corrected chi connectivity index (χ4v) is 10.9. The Bertz CT molecular complexity index is 3290. The average Bonchev–Trinajstić information content (AvgIpc) is 2.20. The lowest BCUT2D eigenvalue weighted by Gasteiger charge is -2.35. The molecule has 6 heterocycles. The molecule has 6 aromatic rings. The van der Waals surface area contributed by atoms with Crippen molar-refractivity contribution < 1.29 is 52.7 Å². The van der Waals surface area contributed by atoms with E-state index in [1.54, 1.807) is 35.3 Å². The highest BCUT2D eigenvalue weighted by Gasteiger charge is 2.45. The van der Waals surface area contributed by atoms with Crippen molar-refractivity contribution in [1.82, 2.24) is 55.4 Å². The molecule has 5 N–H and O–H groups in total. The molecule has 2 fully saturated rings. The Kier molecular flexibility index (Phi) is 23.3. The second-order valence-electron chi connectivity index (χ2n) is 22.2. The van der Waals surface area contributed by atoms with Gasteiger partial charge in [-0.15, -0.1) is 16.4 Å². The van der Waals surface area contributed by atoms with Crippen LogP contribution in [0, 0.1) is 12.3 Å². The van der Waals surface area contributed by atoms with Crippen LogP contribution in [-0.4, -0.2) is 186 Å². The van der Waals surface area contributed by atoms with E-state index in [1.165, 1.54) is 16.5 Å². The molecule has 27 heteroatoms. The molecule has 25 nitrogen and oxygen atoms in total. The molecule has 0 radical (unpaired) electrons. The molecule has 86 heavy (non-hydrogen) atoms. The Hall–Kier alpha value is -7.17. The number of fused-ring (bicyclic) bond motifs is 1. The van der Waals surface area contributed by atoms with Gasteiger partial charge in [0.15, 0.2) is 18.2 Å². The number of likely N-dealkylation sites (tertiary alicyclic amines) is 1. The van der Waals surface area contributed by atoms with Gasteiger partial charge >= 0.3 is 0 Å². The summed E-state index contributed by atoms with van der Waals surface area (Å²) in [5.41, 5.74) is 5.93. The molecule has 8 rings (SSSR count). The summed E-state index contributed by atoms with van der Waals surface area (Å²) in [6, 6.07) is 12.8. The van der Waals surface area contributed by atoms with E-state index in [2.05, 4.69) is 46.4 Å². The lowest BCUT2D eigenvalue weighted by Crippen LogP contribution is -2.58. The molecule has 0 unspecified atom stereocenters. The molecule has 4 amide bonds. The van der Waals surface area contributed by atoms with Gasteiger partial charge in [-0.3, -0.25) is 24.0 Å². The summed E-state index contributed by atoms with van der Waals surface area (Å²) in [5, 5.41) is 32.1. The number of anilines is 3. The van der Waals surface area contributed by atoms with Gasteiger partial charge in [-0.2, -0.15) is 4.98 Å². The molecule has 2 aliphatic rings. The van der Waals surface area contributed by atoms with Crippen molar-refractivity contribution in [2.24, 2.45) is 12.5 Å². The van der Waals surface area contributed by atoms with Crippen LogP contribution >= 0.6 is 22.9 Å². The first kappa shape index (κ1) is 64.8. The summed E-state index contributed by atoms with van der Waals surface area (Å²) in [7, 11) is 3.14. The summed E-state index contributed by atoms with van der Waals surface area (Å²) in [6.45, 7) is 13.7. The second kappa shape index (κ2) is 31.0. The number of aliphatic hydroxyl groups excluding tert-OH is 1. The minimum absolute atomic E-state index is 0.0302. The van der Waals surface area contributed by atoms with E-state index in [0.717, 1.165) is 45.6 Å². The third-order valence-electron chi connectivity index (χ3n) is 14.8. The lowest BCUT2D eigenvalue weighted by atomic mass is 9.85. The van der Waals surface area contributed by atoms with Gasteiger partial charge in [-0.25, -0.2) is 14.6 Å². The number of pyridine rings is 1. The number of nitrogens with zero attached hydrogens (tertiary/aromatic N) is 9. The number of ether oxygens (including phenoxy) is 6. The molecule has 4 aromatic heterocycles. The van der Waals surface area contributed by atoms with E-state index < -0.39 is 35.4 Å². The normalized spacial score (nSPS) is 16.3. The number of piperidine rings is 1. The van der Waals surface area contributed by atoms with E-state index in [4.69, 9.17) is 45.0 Å². The molecule has 2 saturated heterocycles. The molecule has 2 aliphatic heterocycles. The molecule has 0 spiro atoms. The molecule has 2 aromatic carbocycles. The Labute approximate surface area is 508 Å². The molecular formula is C59H78ClN13O12S. The zero-order valence-electron chi connectivity index (χ0n) is 49.7.